The molecular formula is C18H20NO3+. The van der Waals surface area contributed by atoms with Crippen LogP contribution < -0.4 is 9.30 Å². The zero-order valence-corrected chi connectivity index (χ0v) is 13.1. The molecule has 0 N–H and O–H groups in total. The van der Waals surface area contributed by atoms with E-state index in [1.807, 2.05) is 35.9 Å². The number of carbonyl (C=O) groups excluding carboxylic acids is 2. The standard InChI is InChI=1S/C18H20NO3/c1-4-22-18-8-7-15(13(2)20)10-17(18)12-19-9-5-6-16(11-19)14(3)21/h5-11H,4,12H2,1-3H3/q+1. The molecule has 22 heavy (non-hydrogen) atoms. The minimum atomic E-state index is 0.0202. The van der Waals surface area contributed by atoms with Gasteiger partial charge in [0.15, 0.2) is 30.5 Å². The third-order valence-electron chi connectivity index (χ3n) is 3.38. The highest BCUT2D eigenvalue weighted by Gasteiger charge is 2.13. The third kappa shape index (κ3) is 3.79. The number of hydrogen-bond donors (Lipinski definition) is 0. The van der Waals surface area contributed by atoms with E-state index in [2.05, 4.69) is 0 Å². The van der Waals surface area contributed by atoms with Gasteiger partial charge >= 0.3 is 0 Å². The van der Waals surface area contributed by atoms with Crippen molar-refractivity contribution in [1.29, 1.82) is 0 Å². The average Bonchev–Trinajstić information content (AvgIpc) is 2.49. The van der Waals surface area contributed by atoms with Crippen LogP contribution in [0.1, 0.15) is 47.1 Å². The van der Waals surface area contributed by atoms with Crippen LogP contribution in [0.25, 0.3) is 0 Å². The molecule has 0 aliphatic carbocycles. The maximum absolute atomic E-state index is 11.6. The van der Waals surface area contributed by atoms with Crippen LogP contribution in [0.5, 0.6) is 5.75 Å². The second-order valence-corrected chi connectivity index (χ2v) is 5.13. The van der Waals surface area contributed by atoms with Gasteiger partial charge in [-0.15, -0.1) is 0 Å². The summed E-state index contributed by atoms with van der Waals surface area (Å²) in [4.78, 5) is 23.1. The number of rotatable bonds is 6. The molecule has 0 saturated heterocycles. The molecule has 1 heterocycles. The van der Waals surface area contributed by atoms with Crippen molar-refractivity contribution in [3.8, 4) is 5.75 Å². The van der Waals surface area contributed by atoms with Gasteiger partial charge in [-0.2, -0.15) is 4.57 Å². The number of Topliss-reactive ketones (excluding diaryl/α,β-unsaturated/α-hetero) is 2. The largest absolute Gasteiger partial charge is 0.493 e. The Bertz CT molecular complexity index is 707. The number of nitrogens with zero attached hydrogens (tertiary/aromatic N) is 1. The summed E-state index contributed by atoms with van der Waals surface area (Å²) in [5.74, 6) is 0.803. The van der Waals surface area contributed by atoms with Crippen LogP contribution >= 0.6 is 0 Å². The first-order valence-corrected chi connectivity index (χ1v) is 7.28. The molecule has 0 fully saturated rings. The van der Waals surface area contributed by atoms with Crippen molar-refractivity contribution in [2.75, 3.05) is 6.61 Å². The highest BCUT2D eigenvalue weighted by Crippen LogP contribution is 2.20. The highest BCUT2D eigenvalue weighted by molar-refractivity contribution is 5.94. The molecule has 4 nitrogen and oxygen atoms in total. The van der Waals surface area contributed by atoms with Crippen LogP contribution in [0.3, 0.4) is 0 Å². The van der Waals surface area contributed by atoms with E-state index in [0.29, 0.717) is 24.3 Å². The van der Waals surface area contributed by atoms with E-state index in [1.165, 1.54) is 0 Å². The predicted molar refractivity (Wildman–Crippen MR) is 83.4 cm³/mol. The Morgan fingerprint density at radius 1 is 1.09 bits per heavy atom. The summed E-state index contributed by atoms with van der Waals surface area (Å²) in [5, 5.41) is 0. The first-order valence-electron chi connectivity index (χ1n) is 7.28. The van der Waals surface area contributed by atoms with E-state index in [9.17, 15) is 9.59 Å². The number of ether oxygens (including phenoxy) is 1. The monoisotopic (exact) mass is 298 g/mol. The lowest BCUT2D eigenvalue weighted by Gasteiger charge is -2.09. The highest BCUT2D eigenvalue weighted by atomic mass is 16.5. The van der Waals surface area contributed by atoms with E-state index in [4.69, 9.17) is 4.74 Å². The summed E-state index contributed by atoms with van der Waals surface area (Å²) in [6, 6.07) is 9.07. The molecule has 0 amide bonds. The topological polar surface area (TPSA) is 47.2 Å². The van der Waals surface area contributed by atoms with Crippen LogP contribution in [0.4, 0.5) is 0 Å². The molecule has 1 aromatic heterocycles. The van der Waals surface area contributed by atoms with E-state index in [1.54, 1.807) is 32.2 Å². The van der Waals surface area contributed by atoms with Gasteiger partial charge in [-0.3, -0.25) is 9.59 Å². The Morgan fingerprint density at radius 2 is 1.82 bits per heavy atom. The molecule has 0 atom stereocenters. The lowest BCUT2D eigenvalue weighted by atomic mass is 10.1. The summed E-state index contributed by atoms with van der Waals surface area (Å²) in [7, 11) is 0. The van der Waals surface area contributed by atoms with Crippen LogP contribution in [0.2, 0.25) is 0 Å². The molecule has 2 aromatic rings. The molecule has 1 aromatic carbocycles. The minimum absolute atomic E-state index is 0.0202. The van der Waals surface area contributed by atoms with Crippen molar-refractivity contribution >= 4 is 11.6 Å². The van der Waals surface area contributed by atoms with Crippen molar-refractivity contribution in [2.24, 2.45) is 0 Å². The zero-order valence-electron chi connectivity index (χ0n) is 13.1. The Kier molecular flexibility index (Phi) is 5.04. The van der Waals surface area contributed by atoms with Gasteiger partial charge in [0.1, 0.15) is 5.75 Å². The zero-order chi connectivity index (χ0) is 16.1. The van der Waals surface area contributed by atoms with Crippen molar-refractivity contribution in [2.45, 2.75) is 27.3 Å². The lowest BCUT2D eigenvalue weighted by Crippen LogP contribution is -2.34. The maximum atomic E-state index is 11.6. The Hall–Kier alpha value is -2.49. The van der Waals surface area contributed by atoms with Crippen LogP contribution in [-0.4, -0.2) is 18.2 Å². The number of pyridine rings is 1. The molecule has 0 saturated carbocycles. The van der Waals surface area contributed by atoms with Crippen LogP contribution in [-0.2, 0) is 6.54 Å². The fourth-order valence-electron chi connectivity index (χ4n) is 2.24. The summed E-state index contributed by atoms with van der Waals surface area (Å²) in [6.45, 7) is 6.11. The quantitative estimate of drug-likeness (QED) is 0.608. The van der Waals surface area contributed by atoms with Crippen molar-refractivity contribution in [3.05, 3.63) is 59.4 Å². The van der Waals surface area contributed by atoms with E-state index >= 15 is 0 Å². The van der Waals surface area contributed by atoms with Gasteiger partial charge in [-0.25, -0.2) is 0 Å². The number of ketones is 2. The predicted octanol–water partition coefficient (Wildman–Crippen LogP) is 2.83. The van der Waals surface area contributed by atoms with Gasteiger partial charge in [-0.1, -0.05) is 0 Å². The molecule has 0 unspecified atom stereocenters. The number of benzene rings is 1. The van der Waals surface area contributed by atoms with Gasteiger partial charge in [0.05, 0.1) is 17.7 Å². The van der Waals surface area contributed by atoms with Gasteiger partial charge < -0.3 is 4.74 Å². The fraction of sp³-hybridized carbons (Fsp3) is 0.278. The molecule has 0 spiro atoms. The Balaban J connectivity index is 2.38. The summed E-state index contributed by atoms with van der Waals surface area (Å²) >= 11 is 0. The van der Waals surface area contributed by atoms with Gasteiger partial charge in [-0.05, 0) is 45.0 Å². The molecule has 0 aliphatic heterocycles. The van der Waals surface area contributed by atoms with E-state index < -0.39 is 0 Å². The summed E-state index contributed by atoms with van der Waals surface area (Å²) in [5.41, 5.74) is 2.23. The number of aromatic nitrogens is 1. The second-order valence-electron chi connectivity index (χ2n) is 5.13. The first kappa shape index (κ1) is 15.9. The average molecular weight is 298 g/mol. The van der Waals surface area contributed by atoms with E-state index in [-0.39, 0.29) is 11.6 Å². The fourth-order valence-corrected chi connectivity index (χ4v) is 2.24. The van der Waals surface area contributed by atoms with Crippen molar-refractivity contribution in [3.63, 3.8) is 0 Å². The van der Waals surface area contributed by atoms with Crippen molar-refractivity contribution < 1.29 is 18.9 Å². The van der Waals surface area contributed by atoms with Gasteiger partial charge in [0, 0.05) is 11.6 Å². The Labute approximate surface area is 130 Å². The normalized spacial score (nSPS) is 10.3. The number of hydrogen-bond acceptors (Lipinski definition) is 3. The SMILES string of the molecule is CCOc1ccc(C(C)=O)cc1C[n+]1cccc(C(C)=O)c1. The molecule has 2 rings (SSSR count). The molecule has 114 valence electrons. The molecule has 4 heteroatoms. The third-order valence-corrected chi connectivity index (χ3v) is 3.38. The smallest absolute Gasteiger partial charge is 0.179 e. The number of carbonyl (C=O) groups is 2. The lowest BCUT2D eigenvalue weighted by molar-refractivity contribution is -0.688. The second kappa shape index (κ2) is 6.98. The van der Waals surface area contributed by atoms with E-state index in [0.717, 1.165) is 11.3 Å². The van der Waals surface area contributed by atoms with Crippen molar-refractivity contribution in [1.82, 2.24) is 0 Å². The Morgan fingerprint density at radius 3 is 2.45 bits per heavy atom. The molecule has 0 bridgehead atoms. The maximum Gasteiger partial charge on any atom is 0.179 e. The summed E-state index contributed by atoms with van der Waals surface area (Å²) < 4.78 is 7.55. The van der Waals surface area contributed by atoms with Crippen LogP contribution in [0, 0.1) is 0 Å². The summed E-state index contributed by atoms with van der Waals surface area (Å²) in [6.07, 6.45) is 3.70. The first-order chi connectivity index (χ1) is 10.5. The van der Waals surface area contributed by atoms with Gasteiger partial charge in [0.2, 0.25) is 0 Å². The molecular weight excluding hydrogens is 278 g/mol. The minimum Gasteiger partial charge on any atom is -0.493 e. The molecule has 0 radical (unpaired) electrons. The van der Waals surface area contributed by atoms with Crippen LogP contribution in [0.15, 0.2) is 42.7 Å². The van der Waals surface area contributed by atoms with Gasteiger partial charge in [0.25, 0.3) is 0 Å². The molecule has 0 aliphatic rings.